The van der Waals surface area contributed by atoms with Crippen LogP contribution in [-0.2, 0) is 20.2 Å². The molecule has 0 atom stereocenters. The van der Waals surface area contributed by atoms with E-state index in [2.05, 4.69) is 10.1 Å². The highest BCUT2D eigenvalue weighted by atomic mass is 32.2. The van der Waals surface area contributed by atoms with Crippen LogP contribution in [0.1, 0.15) is 24.0 Å². The maximum Gasteiger partial charge on any atom is 0.323 e. The summed E-state index contributed by atoms with van der Waals surface area (Å²) in [6, 6.07) is 5.04. The Morgan fingerprint density at radius 2 is 1.93 bits per heavy atom. The highest BCUT2D eigenvalue weighted by Gasteiger charge is 2.41. The Bertz CT molecular complexity index is 1170. The van der Waals surface area contributed by atoms with Crippen molar-refractivity contribution >= 4 is 25.9 Å². The lowest BCUT2D eigenvalue weighted by Gasteiger charge is -2.21. The molecule has 30 heavy (non-hydrogen) atoms. The second kappa shape index (κ2) is 8.06. The van der Waals surface area contributed by atoms with Gasteiger partial charge in [-0.1, -0.05) is 11.6 Å². The Balaban J connectivity index is 1.93. The van der Waals surface area contributed by atoms with E-state index in [4.69, 9.17) is 10.1 Å². The zero-order valence-corrected chi connectivity index (χ0v) is 18.7. The van der Waals surface area contributed by atoms with Crippen molar-refractivity contribution < 1.29 is 21.6 Å². The van der Waals surface area contributed by atoms with Crippen LogP contribution in [0.5, 0.6) is 5.75 Å². The molecule has 1 aromatic carbocycles. The summed E-state index contributed by atoms with van der Waals surface area (Å²) in [6.07, 6.45) is 2.14. The number of aryl methyl sites for hydroxylation is 1. The molecule has 0 bridgehead atoms. The molecule has 0 radical (unpaired) electrons. The molecule has 1 aliphatic rings. The highest BCUT2D eigenvalue weighted by Crippen LogP contribution is 2.32. The van der Waals surface area contributed by atoms with Crippen molar-refractivity contribution in [3.05, 3.63) is 35.7 Å². The molecule has 0 spiro atoms. The molecule has 13 heteroatoms. The molecule has 2 aromatic rings. The molecule has 0 aliphatic heterocycles. The number of benzene rings is 1. The average molecular weight is 457 g/mol. The first kappa shape index (κ1) is 22.3. The number of hydrogen-bond acceptors (Lipinski definition) is 8. The summed E-state index contributed by atoms with van der Waals surface area (Å²) < 4.78 is 58.6. The van der Waals surface area contributed by atoms with Gasteiger partial charge in [-0.25, -0.2) is 13.4 Å². The number of nitrogens with one attached hydrogen (secondary N) is 1. The van der Waals surface area contributed by atoms with Crippen molar-refractivity contribution in [1.82, 2.24) is 22.8 Å². The summed E-state index contributed by atoms with van der Waals surface area (Å²) in [7, 11) is -4.11. The third-order valence-corrected chi connectivity index (χ3v) is 7.90. The quantitative estimate of drug-likeness (QED) is 0.541. The van der Waals surface area contributed by atoms with E-state index in [1.54, 1.807) is 12.1 Å². The molecule has 0 saturated heterocycles. The van der Waals surface area contributed by atoms with E-state index >= 15 is 0 Å². The molecule has 0 amide bonds. The summed E-state index contributed by atoms with van der Waals surface area (Å²) >= 11 is 0. The molecule has 1 fully saturated rings. The van der Waals surface area contributed by atoms with E-state index in [0.29, 0.717) is 28.2 Å². The number of methoxy groups -OCH3 is 1. The van der Waals surface area contributed by atoms with Crippen LogP contribution in [-0.4, -0.2) is 79.1 Å². The number of aromatic nitrogens is 3. The van der Waals surface area contributed by atoms with Gasteiger partial charge in [0.1, 0.15) is 12.1 Å². The van der Waals surface area contributed by atoms with Crippen LogP contribution in [0.25, 0.3) is 0 Å². The SMILES string of the molecule is COc1ccc(C)cc1C(=N)CN(C1CC1)S(=O)(=O)c1ncn(S(=O)(=O)N(C)C)n1. The van der Waals surface area contributed by atoms with E-state index < -0.39 is 25.4 Å². The molecule has 0 unspecified atom stereocenters. The minimum Gasteiger partial charge on any atom is -0.496 e. The summed E-state index contributed by atoms with van der Waals surface area (Å²) in [5, 5.41) is 11.6. The number of rotatable bonds is 9. The molecule has 1 aliphatic carbocycles. The predicted octanol–water partition coefficient (Wildman–Crippen LogP) is 0.471. The summed E-state index contributed by atoms with van der Waals surface area (Å²) in [5.41, 5.74) is 1.46. The molecular weight excluding hydrogens is 432 g/mol. The Kier molecular flexibility index (Phi) is 6.00. The molecule has 164 valence electrons. The number of hydrogen-bond donors (Lipinski definition) is 1. The van der Waals surface area contributed by atoms with Gasteiger partial charge in [-0.3, -0.25) is 0 Å². The second-order valence-corrected chi connectivity index (χ2v) is 10.9. The van der Waals surface area contributed by atoms with Crippen LogP contribution >= 0.6 is 0 Å². The molecule has 1 saturated carbocycles. The van der Waals surface area contributed by atoms with Gasteiger partial charge in [-0.2, -0.15) is 17.0 Å². The largest absolute Gasteiger partial charge is 0.496 e. The van der Waals surface area contributed by atoms with Gasteiger partial charge in [0.2, 0.25) is 0 Å². The van der Waals surface area contributed by atoms with Gasteiger partial charge < -0.3 is 10.1 Å². The second-order valence-electron chi connectivity index (χ2n) is 7.15. The van der Waals surface area contributed by atoms with E-state index in [1.165, 1.54) is 21.2 Å². The van der Waals surface area contributed by atoms with Crippen molar-refractivity contribution in [2.75, 3.05) is 27.7 Å². The van der Waals surface area contributed by atoms with Crippen molar-refractivity contribution in [2.24, 2.45) is 0 Å². The summed E-state index contributed by atoms with van der Waals surface area (Å²) in [4.78, 5) is 3.72. The van der Waals surface area contributed by atoms with Gasteiger partial charge in [-0.15, -0.1) is 9.19 Å². The Morgan fingerprint density at radius 3 is 2.50 bits per heavy atom. The monoisotopic (exact) mass is 456 g/mol. The Hall–Kier alpha value is -2.35. The minimum atomic E-state index is -4.21. The molecule has 1 heterocycles. The fourth-order valence-corrected chi connectivity index (χ4v) is 5.02. The van der Waals surface area contributed by atoms with Crippen LogP contribution in [0.3, 0.4) is 0 Å². The summed E-state index contributed by atoms with van der Waals surface area (Å²) in [6.45, 7) is 1.66. The fourth-order valence-electron chi connectivity index (χ4n) is 2.81. The van der Waals surface area contributed by atoms with Crippen LogP contribution in [0.15, 0.2) is 29.7 Å². The van der Waals surface area contributed by atoms with Crippen molar-refractivity contribution in [3.63, 3.8) is 0 Å². The van der Waals surface area contributed by atoms with Gasteiger partial charge in [0, 0.05) is 25.7 Å². The highest BCUT2D eigenvalue weighted by molar-refractivity contribution is 7.89. The van der Waals surface area contributed by atoms with Gasteiger partial charge >= 0.3 is 10.2 Å². The van der Waals surface area contributed by atoms with Gasteiger partial charge in [0.05, 0.1) is 19.4 Å². The van der Waals surface area contributed by atoms with Crippen molar-refractivity contribution in [3.8, 4) is 5.75 Å². The molecule has 11 nitrogen and oxygen atoms in total. The normalized spacial score (nSPS) is 15.0. The summed E-state index contributed by atoms with van der Waals surface area (Å²) in [5.74, 6) is 0.471. The molecule has 1 aromatic heterocycles. The van der Waals surface area contributed by atoms with Crippen molar-refractivity contribution in [1.29, 1.82) is 5.41 Å². The fraction of sp³-hybridized carbons (Fsp3) is 0.471. The van der Waals surface area contributed by atoms with E-state index in [-0.39, 0.29) is 18.3 Å². The van der Waals surface area contributed by atoms with Gasteiger partial charge in [0.25, 0.3) is 15.2 Å². The first-order chi connectivity index (χ1) is 14.0. The molecular formula is C17H24N6O5S2. The van der Waals surface area contributed by atoms with E-state index in [1.807, 2.05) is 13.0 Å². The third-order valence-electron chi connectivity index (χ3n) is 4.64. The van der Waals surface area contributed by atoms with Crippen LogP contribution in [0.4, 0.5) is 0 Å². The number of nitrogens with zero attached hydrogens (tertiary/aromatic N) is 5. The van der Waals surface area contributed by atoms with Gasteiger partial charge in [0.15, 0.2) is 0 Å². The first-order valence-corrected chi connectivity index (χ1v) is 11.9. The van der Waals surface area contributed by atoms with Crippen LogP contribution in [0.2, 0.25) is 0 Å². The molecule has 3 rings (SSSR count). The molecule has 1 N–H and O–H groups in total. The van der Waals surface area contributed by atoms with Crippen LogP contribution < -0.4 is 4.74 Å². The zero-order chi connectivity index (χ0) is 22.3. The lowest BCUT2D eigenvalue weighted by Crippen LogP contribution is -2.38. The average Bonchev–Trinajstić information content (AvgIpc) is 3.38. The van der Waals surface area contributed by atoms with Gasteiger partial charge in [-0.05, 0) is 31.9 Å². The number of sulfonamides is 1. The maximum atomic E-state index is 13.2. The maximum absolute atomic E-state index is 13.2. The predicted molar refractivity (Wildman–Crippen MR) is 110 cm³/mol. The Labute approximate surface area is 176 Å². The number of ether oxygens (including phenoxy) is 1. The minimum absolute atomic E-state index is 0.0615. The topological polar surface area (TPSA) is 139 Å². The lowest BCUT2D eigenvalue weighted by molar-refractivity contribution is 0.412. The Morgan fingerprint density at radius 1 is 1.27 bits per heavy atom. The standard InChI is InChI=1S/C17H24N6O5S2/c1-12-5-8-16(28-4)14(9-12)15(18)10-22(13-6-7-13)29(24,25)17-19-11-23(20-17)30(26,27)21(2)3/h5,8-9,11,13,18H,6-7,10H2,1-4H3. The third kappa shape index (κ3) is 4.24. The first-order valence-electron chi connectivity index (χ1n) is 9.07. The van der Waals surface area contributed by atoms with E-state index in [0.717, 1.165) is 20.5 Å². The zero-order valence-electron chi connectivity index (χ0n) is 17.1. The van der Waals surface area contributed by atoms with E-state index in [9.17, 15) is 16.8 Å². The lowest BCUT2D eigenvalue weighted by atomic mass is 10.1. The smallest absolute Gasteiger partial charge is 0.323 e. The van der Waals surface area contributed by atoms with Crippen LogP contribution in [0, 0.1) is 12.3 Å². The van der Waals surface area contributed by atoms with Crippen molar-refractivity contribution in [2.45, 2.75) is 31.0 Å².